The van der Waals surface area contributed by atoms with Crippen LogP contribution in [0, 0.1) is 20.8 Å². The largest absolute Gasteiger partial charge is 0.483 e. The number of aromatic nitrogens is 3. The van der Waals surface area contributed by atoms with Crippen LogP contribution in [0.3, 0.4) is 0 Å². The second kappa shape index (κ2) is 9.53. The summed E-state index contributed by atoms with van der Waals surface area (Å²) < 4.78 is 7.92. The maximum atomic E-state index is 12.3. The van der Waals surface area contributed by atoms with E-state index in [-0.39, 0.29) is 17.8 Å². The number of hydrogen-bond donors (Lipinski definition) is 1. The van der Waals surface area contributed by atoms with Gasteiger partial charge in [0.05, 0.1) is 5.75 Å². The second-order valence-corrected chi connectivity index (χ2v) is 8.66. The number of carbonyl (C=O) groups is 1. The Morgan fingerprint density at radius 2 is 1.87 bits per heavy atom. The fourth-order valence-electron chi connectivity index (χ4n) is 3.11. The summed E-state index contributed by atoms with van der Waals surface area (Å²) in [5, 5.41) is 12.6. The van der Waals surface area contributed by atoms with E-state index in [0.717, 1.165) is 22.4 Å². The van der Waals surface area contributed by atoms with Crippen molar-refractivity contribution in [3.05, 3.63) is 63.9 Å². The Kier molecular flexibility index (Phi) is 7.05. The van der Waals surface area contributed by atoms with E-state index < -0.39 is 0 Å². The maximum absolute atomic E-state index is 12.3. The van der Waals surface area contributed by atoms with Gasteiger partial charge in [-0.05, 0) is 68.7 Å². The quantitative estimate of drug-likeness (QED) is 0.503. The zero-order valence-corrected chi connectivity index (χ0v) is 19.3. The molecule has 3 aromatic rings. The first-order chi connectivity index (χ1) is 14.2. The first-order valence-corrected chi connectivity index (χ1v) is 10.9. The van der Waals surface area contributed by atoms with Crippen LogP contribution in [-0.2, 0) is 11.8 Å². The van der Waals surface area contributed by atoms with Crippen molar-refractivity contribution in [2.75, 3.05) is 11.1 Å². The number of halogens is 1. The van der Waals surface area contributed by atoms with Gasteiger partial charge in [-0.25, -0.2) is 0 Å². The molecular weight excluding hydrogens is 420 g/mol. The molecule has 0 saturated carbocycles. The van der Waals surface area contributed by atoms with Crippen LogP contribution < -0.4 is 10.1 Å². The SMILES string of the molecule is Cc1cc(C)cc(OC(C)c2nnc(SCC(=O)Nc3cc(Cl)ccc3C)n2C)c1. The minimum Gasteiger partial charge on any atom is -0.483 e. The molecule has 0 saturated heterocycles. The molecule has 0 bridgehead atoms. The maximum Gasteiger partial charge on any atom is 0.234 e. The van der Waals surface area contributed by atoms with Crippen LogP contribution in [0.15, 0.2) is 41.6 Å². The van der Waals surface area contributed by atoms with Crippen molar-refractivity contribution in [2.45, 2.75) is 39.0 Å². The van der Waals surface area contributed by atoms with E-state index in [4.69, 9.17) is 16.3 Å². The Labute approximate surface area is 186 Å². The molecule has 0 radical (unpaired) electrons. The Morgan fingerprint density at radius 3 is 2.57 bits per heavy atom. The van der Waals surface area contributed by atoms with Gasteiger partial charge in [-0.3, -0.25) is 4.79 Å². The molecule has 1 atom stereocenters. The van der Waals surface area contributed by atoms with Crippen LogP contribution >= 0.6 is 23.4 Å². The predicted octanol–water partition coefficient (Wildman–Crippen LogP) is 5.26. The number of carbonyl (C=O) groups excluding carboxylic acids is 1. The van der Waals surface area contributed by atoms with Crippen LogP contribution in [0.25, 0.3) is 0 Å². The van der Waals surface area contributed by atoms with Crippen molar-refractivity contribution in [3.8, 4) is 5.75 Å². The topological polar surface area (TPSA) is 69.0 Å². The minimum absolute atomic E-state index is 0.130. The normalized spacial score (nSPS) is 11.9. The first-order valence-electron chi connectivity index (χ1n) is 9.56. The molecule has 0 fully saturated rings. The number of aryl methyl sites for hydroxylation is 3. The standard InChI is InChI=1S/C22H25ClN4O2S/c1-13-8-14(2)10-18(9-13)29-16(4)21-25-26-22(27(21)5)30-12-20(28)24-19-11-17(23)7-6-15(19)3/h6-11,16H,12H2,1-5H3,(H,24,28). The average Bonchev–Trinajstić information content (AvgIpc) is 3.03. The molecule has 6 nitrogen and oxygen atoms in total. The van der Waals surface area contributed by atoms with Crippen molar-refractivity contribution in [1.82, 2.24) is 14.8 Å². The molecule has 1 amide bonds. The van der Waals surface area contributed by atoms with Crippen molar-refractivity contribution in [3.63, 3.8) is 0 Å². The monoisotopic (exact) mass is 444 g/mol. The van der Waals surface area contributed by atoms with E-state index in [0.29, 0.717) is 21.7 Å². The minimum atomic E-state index is -0.277. The van der Waals surface area contributed by atoms with Gasteiger partial charge in [0.15, 0.2) is 17.1 Å². The average molecular weight is 445 g/mol. The fourth-order valence-corrected chi connectivity index (χ4v) is 4.00. The smallest absolute Gasteiger partial charge is 0.234 e. The van der Waals surface area contributed by atoms with Gasteiger partial charge in [-0.15, -0.1) is 10.2 Å². The summed E-state index contributed by atoms with van der Waals surface area (Å²) in [6.45, 7) is 7.94. The molecule has 1 aromatic heterocycles. The van der Waals surface area contributed by atoms with E-state index >= 15 is 0 Å². The van der Waals surface area contributed by atoms with E-state index in [1.54, 1.807) is 12.1 Å². The number of ether oxygens (including phenoxy) is 1. The van der Waals surface area contributed by atoms with Gasteiger partial charge in [-0.2, -0.15) is 0 Å². The Bertz CT molecular complexity index is 1050. The molecule has 2 aromatic carbocycles. The fraction of sp³-hybridized carbons (Fsp3) is 0.318. The second-order valence-electron chi connectivity index (χ2n) is 7.28. The number of thioether (sulfide) groups is 1. The number of rotatable bonds is 7. The zero-order chi connectivity index (χ0) is 21.8. The van der Waals surface area contributed by atoms with E-state index in [1.807, 2.05) is 57.5 Å². The van der Waals surface area contributed by atoms with E-state index in [2.05, 4.69) is 21.6 Å². The first kappa shape index (κ1) is 22.2. The van der Waals surface area contributed by atoms with E-state index in [9.17, 15) is 4.79 Å². The predicted molar refractivity (Wildman–Crippen MR) is 122 cm³/mol. The summed E-state index contributed by atoms with van der Waals surface area (Å²) in [4.78, 5) is 12.3. The molecule has 1 heterocycles. The Morgan fingerprint density at radius 1 is 1.17 bits per heavy atom. The summed E-state index contributed by atoms with van der Waals surface area (Å²) in [6.07, 6.45) is -0.277. The van der Waals surface area contributed by atoms with Gasteiger partial charge in [0.1, 0.15) is 5.75 Å². The molecule has 1 unspecified atom stereocenters. The summed E-state index contributed by atoms with van der Waals surface area (Å²) in [5.41, 5.74) is 3.96. The zero-order valence-electron chi connectivity index (χ0n) is 17.7. The lowest BCUT2D eigenvalue weighted by molar-refractivity contribution is -0.113. The number of anilines is 1. The third kappa shape index (κ3) is 5.55. The Hall–Kier alpha value is -2.51. The van der Waals surface area contributed by atoms with Gasteiger partial charge < -0.3 is 14.6 Å². The molecule has 3 rings (SSSR count). The molecule has 0 spiro atoms. The number of benzene rings is 2. The summed E-state index contributed by atoms with van der Waals surface area (Å²) in [7, 11) is 1.87. The molecule has 8 heteroatoms. The highest BCUT2D eigenvalue weighted by molar-refractivity contribution is 7.99. The van der Waals surface area contributed by atoms with Gasteiger partial charge in [-0.1, -0.05) is 35.5 Å². The highest BCUT2D eigenvalue weighted by Crippen LogP contribution is 2.26. The third-order valence-corrected chi connectivity index (χ3v) is 5.80. The van der Waals surface area contributed by atoms with Gasteiger partial charge in [0, 0.05) is 17.8 Å². The summed E-state index contributed by atoms with van der Waals surface area (Å²) in [5.74, 6) is 1.58. The molecular formula is C22H25ClN4O2S. The highest BCUT2D eigenvalue weighted by Gasteiger charge is 2.18. The molecule has 0 aliphatic rings. The van der Waals surface area contributed by atoms with Crippen LogP contribution in [0.1, 0.15) is 35.5 Å². The van der Waals surface area contributed by atoms with Gasteiger partial charge in [0.25, 0.3) is 0 Å². The number of nitrogens with one attached hydrogen (secondary N) is 1. The summed E-state index contributed by atoms with van der Waals surface area (Å²) >= 11 is 7.33. The molecule has 30 heavy (non-hydrogen) atoms. The molecule has 1 N–H and O–H groups in total. The lowest BCUT2D eigenvalue weighted by Gasteiger charge is -2.15. The van der Waals surface area contributed by atoms with Crippen LogP contribution in [-0.4, -0.2) is 26.4 Å². The molecule has 0 aliphatic heterocycles. The third-order valence-electron chi connectivity index (χ3n) is 4.55. The lowest BCUT2D eigenvalue weighted by atomic mass is 10.1. The van der Waals surface area contributed by atoms with E-state index in [1.165, 1.54) is 11.8 Å². The van der Waals surface area contributed by atoms with Crippen LogP contribution in [0.2, 0.25) is 5.02 Å². The van der Waals surface area contributed by atoms with Crippen molar-refractivity contribution >= 4 is 35.0 Å². The molecule has 0 aliphatic carbocycles. The van der Waals surface area contributed by atoms with Gasteiger partial charge in [0.2, 0.25) is 5.91 Å². The summed E-state index contributed by atoms with van der Waals surface area (Å²) in [6, 6.07) is 11.5. The van der Waals surface area contributed by atoms with Crippen molar-refractivity contribution in [2.24, 2.45) is 7.05 Å². The number of nitrogens with zero attached hydrogens (tertiary/aromatic N) is 3. The number of amides is 1. The van der Waals surface area contributed by atoms with Crippen molar-refractivity contribution < 1.29 is 9.53 Å². The lowest BCUT2D eigenvalue weighted by Crippen LogP contribution is -2.15. The van der Waals surface area contributed by atoms with Crippen LogP contribution in [0.5, 0.6) is 5.75 Å². The molecule has 158 valence electrons. The highest BCUT2D eigenvalue weighted by atomic mass is 35.5. The van der Waals surface area contributed by atoms with Gasteiger partial charge >= 0.3 is 0 Å². The number of hydrogen-bond acceptors (Lipinski definition) is 5. The van der Waals surface area contributed by atoms with Crippen molar-refractivity contribution in [1.29, 1.82) is 0 Å². The Balaban J connectivity index is 1.62. The van der Waals surface area contributed by atoms with Crippen LogP contribution in [0.4, 0.5) is 5.69 Å².